The van der Waals surface area contributed by atoms with Gasteiger partial charge in [0.15, 0.2) is 0 Å². The van der Waals surface area contributed by atoms with Gasteiger partial charge in [-0.05, 0) is 24.3 Å². The molecule has 2 aromatic rings. The third-order valence-electron chi connectivity index (χ3n) is 2.00. The second kappa shape index (κ2) is 5.02. The van der Waals surface area contributed by atoms with Crippen LogP contribution in [0.25, 0.3) is 10.9 Å². The second-order valence-corrected chi connectivity index (χ2v) is 3.29. The third-order valence-corrected chi connectivity index (χ3v) is 2.35. The van der Waals surface area contributed by atoms with E-state index in [0.29, 0.717) is 4.99 Å². The molecule has 0 saturated carbocycles. The lowest BCUT2D eigenvalue weighted by molar-refractivity contribution is 1.05. The highest BCUT2D eigenvalue weighted by Gasteiger charge is 2.00. The van der Waals surface area contributed by atoms with Gasteiger partial charge in [0, 0.05) is 17.1 Å². The number of aromatic nitrogens is 1. The van der Waals surface area contributed by atoms with Gasteiger partial charge in [-0.3, -0.25) is 4.98 Å². The molecule has 0 aliphatic rings. The van der Waals surface area contributed by atoms with Gasteiger partial charge < -0.3 is 5.43 Å². The van der Waals surface area contributed by atoms with Gasteiger partial charge in [0.05, 0.1) is 5.52 Å². The summed E-state index contributed by atoms with van der Waals surface area (Å²) in [6.45, 7) is 0. The molecule has 2 rings (SSSR count). The van der Waals surface area contributed by atoms with Gasteiger partial charge in [-0.15, -0.1) is 12.4 Å². The molecule has 0 bridgehead atoms. The van der Waals surface area contributed by atoms with Crippen LogP contribution in [0.5, 0.6) is 0 Å². The smallest absolute Gasteiger partial charge is 0.120 e. The third kappa shape index (κ3) is 2.41. The minimum absolute atomic E-state index is 0. The number of pyridine rings is 1. The van der Waals surface area contributed by atoms with Crippen molar-refractivity contribution in [3.63, 3.8) is 0 Å². The van der Waals surface area contributed by atoms with Crippen molar-refractivity contribution in [3.05, 3.63) is 42.1 Å². The maximum Gasteiger partial charge on any atom is 0.120 e. The molecule has 0 amide bonds. The Morgan fingerprint density at radius 2 is 2.13 bits per heavy atom. The van der Waals surface area contributed by atoms with E-state index in [0.717, 1.165) is 16.5 Å². The highest BCUT2D eigenvalue weighted by atomic mass is 35.5. The number of fused-ring (bicyclic) bond motifs is 1. The van der Waals surface area contributed by atoms with Crippen LogP contribution in [0, 0.1) is 0 Å². The van der Waals surface area contributed by atoms with Crippen molar-refractivity contribution in [1.29, 1.82) is 0 Å². The molecule has 1 heterocycles. The Morgan fingerprint density at radius 1 is 1.33 bits per heavy atom. The zero-order valence-electron chi connectivity index (χ0n) is 7.81. The van der Waals surface area contributed by atoms with Gasteiger partial charge in [0.2, 0.25) is 0 Å². The van der Waals surface area contributed by atoms with E-state index < -0.39 is 0 Å². The summed E-state index contributed by atoms with van der Waals surface area (Å²) in [6, 6.07) is 9.67. The van der Waals surface area contributed by atoms with Crippen LogP contribution < -0.4 is 11.3 Å². The number of hydrogen-bond acceptors (Lipinski definition) is 3. The maximum absolute atomic E-state index is 5.24. The van der Waals surface area contributed by atoms with Crippen LogP contribution >= 0.6 is 24.6 Å². The summed E-state index contributed by atoms with van der Waals surface area (Å²) in [5.74, 6) is 5.24. The Labute approximate surface area is 99.1 Å². The molecule has 0 spiro atoms. The SMILES string of the molecule is Cl.NNC(=S)c1ccc2ncccc2c1. The summed E-state index contributed by atoms with van der Waals surface area (Å²) in [6.07, 6.45) is 1.77. The topological polar surface area (TPSA) is 50.9 Å². The Morgan fingerprint density at radius 3 is 2.87 bits per heavy atom. The molecule has 15 heavy (non-hydrogen) atoms. The van der Waals surface area contributed by atoms with Crippen molar-refractivity contribution in [2.24, 2.45) is 5.84 Å². The first-order valence-corrected chi connectivity index (χ1v) is 4.58. The lowest BCUT2D eigenvalue weighted by Gasteiger charge is -2.03. The fourth-order valence-electron chi connectivity index (χ4n) is 1.30. The van der Waals surface area contributed by atoms with Crippen LogP contribution in [-0.4, -0.2) is 9.97 Å². The molecule has 3 N–H and O–H groups in total. The van der Waals surface area contributed by atoms with Gasteiger partial charge in [-0.25, -0.2) is 5.84 Å². The summed E-state index contributed by atoms with van der Waals surface area (Å²) in [7, 11) is 0. The fourth-order valence-corrected chi connectivity index (χ4v) is 1.43. The largest absolute Gasteiger partial charge is 0.314 e. The molecule has 5 heteroatoms. The lowest BCUT2D eigenvalue weighted by atomic mass is 10.1. The highest BCUT2D eigenvalue weighted by molar-refractivity contribution is 7.80. The van der Waals surface area contributed by atoms with E-state index in [1.165, 1.54) is 0 Å². The zero-order chi connectivity index (χ0) is 9.97. The molecule has 1 aromatic heterocycles. The quantitative estimate of drug-likeness (QED) is 0.453. The van der Waals surface area contributed by atoms with Crippen LogP contribution in [0.3, 0.4) is 0 Å². The molecule has 0 aliphatic heterocycles. The number of rotatable bonds is 1. The summed E-state index contributed by atoms with van der Waals surface area (Å²) in [4.78, 5) is 4.75. The number of benzene rings is 1. The average molecular weight is 240 g/mol. The van der Waals surface area contributed by atoms with Gasteiger partial charge in [0.1, 0.15) is 4.99 Å². The Hall–Kier alpha value is -1.23. The van der Waals surface area contributed by atoms with E-state index in [9.17, 15) is 0 Å². The molecule has 0 saturated heterocycles. The number of halogens is 1. The normalized spacial score (nSPS) is 9.40. The van der Waals surface area contributed by atoms with Crippen LogP contribution in [-0.2, 0) is 0 Å². The number of nitrogens with zero attached hydrogens (tertiary/aromatic N) is 1. The van der Waals surface area contributed by atoms with Gasteiger partial charge in [-0.2, -0.15) is 0 Å². The van der Waals surface area contributed by atoms with Crippen molar-refractivity contribution in [2.75, 3.05) is 0 Å². The van der Waals surface area contributed by atoms with Gasteiger partial charge >= 0.3 is 0 Å². The lowest BCUT2D eigenvalue weighted by Crippen LogP contribution is -2.28. The molecule has 1 aromatic carbocycles. The maximum atomic E-state index is 5.24. The van der Waals surface area contributed by atoms with E-state index in [2.05, 4.69) is 10.4 Å². The predicted octanol–water partition coefficient (Wildman–Crippen LogP) is 1.80. The van der Waals surface area contributed by atoms with Crippen molar-refractivity contribution in [2.45, 2.75) is 0 Å². The van der Waals surface area contributed by atoms with Gasteiger partial charge in [-0.1, -0.05) is 18.3 Å². The molecule has 0 aliphatic carbocycles. The Kier molecular flexibility index (Phi) is 3.96. The summed E-state index contributed by atoms with van der Waals surface area (Å²) >= 11 is 5.03. The molecule has 0 unspecified atom stereocenters. The first kappa shape index (κ1) is 11.8. The minimum Gasteiger partial charge on any atom is -0.314 e. The number of thiocarbonyl (C=S) groups is 1. The van der Waals surface area contributed by atoms with Crippen molar-refractivity contribution < 1.29 is 0 Å². The van der Waals surface area contributed by atoms with E-state index in [4.69, 9.17) is 18.1 Å². The fraction of sp³-hybridized carbons (Fsp3) is 0. The Balaban J connectivity index is 0.00000112. The molecule has 0 fully saturated rings. The van der Waals surface area contributed by atoms with E-state index in [1.807, 2.05) is 30.3 Å². The standard InChI is InChI=1S/C10H9N3S.ClH/c11-13-10(14)8-3-4-9-7(6-8)2-1-5-12-9;/h1-6H,11H2,(H,13,14);1H. The van der Waals surface area contributed by atoms with Crippen LogP contribution in [0.2, 0.25) is 0 Å². The van der Waals surface area contributed by atoms with Crippen molar-refractivity contribution in [3.8, 4) is 0 Å². The minimum atomic E-state index is 0. The zero-order valence-corrected chi connectivity index (χ0v) is 9.44. The molecular formula is C10H10ClN3S. The van der Waals surface area contributed by atoms with E-state index >= 15 is 0 Å². The Bertz CT molecular complexity index is 487. The first-order valence-electron chi connectivity index (χ1n) is 4.17. The molecule has 3 nitrogen and oxygen atoms in total. The molecular weight excluding hydrogens is 230 g/mol. The van der Waals surface area contributed by atoms with Crippen molar-refractivity contribution >= 4 is 40.5 Å². The number of nitrogens with two attached hydrogens (primary N) is 1. The number of nitrogens with one attached hydrogen (secondary N) is 1. The molecule has 0 atom stereocenters. The van der Waals surface area contributed by atoms with Crippen LogP contribution in [0.15, 0.2) is 36.5 Å². The van der Waals surface area contributed by atoms with Crippen molar-refractivity contribution in [1.82, 2.24) is 10.4 Å². The summed E-state index contributed by atoms with van der Waals surface area (Å²) in [5, 5.41) is 1.06. The first-order chi connectivity index (χ1) is 6.81. The summed E-state index contributed by atoms with van der Waals surface area (Å²) in [5.41, 5.74) is 4.32. The highest BCUT2D eigenvalue weighted by Crippen LogP contribution is 2.13. The van der Waals surface area contributed by atoms with Crippen LogP contribution in [0.4, 0.5) is 0 Å². The molecule has 78 valence electrons. The molecule has 0 radical (unpaired) electrons. The predicted molar refractivity (Wildman–Crippen MR) is 68.0 cm³/mol. The van der Waals surface area contributed by atoms with Crippen LogP contribution in [0.1, 0.15) is 5.56 Å². The van der Waals surface area contributed by atoms with Gasteiger partial charge in [0.25, 0.3) is 0 Å². The average Bonchev–Trinajstić information content (AvgIpc) is 2.27. The second-order valence-electron chi connectivity index (χ2n) is 2.88. The monoisotopic (exact) mass is 239 g/mol. The van der Waals surface area contributed by atoms with E-state index in [-0.39, 0.29) is 12.4 Å². The summed E-state index contributed by atoms with van der Waals surface area (Å²) < 4.78 is 0. The number of hydrogen-bond donors (Lipinski definition) is 2. The van der Waals surface area contributed by atoms with E-state index in [1.54, 1.807) is 6.20 Å². The number of hydrazine groups is 1.